The first-order chi connectivity index (χ1) is 17.0. The van der Waals surface area contributed by atoms with Crippen molar-refractivity contribution in [2.24, 2.45) is 0 Å². The zero-order valence-corrected chi connectivity index (χ0v) is 20.0. The van der Waals surface area contributed by atoms with E-state index < -0.39 is 0 Å². The van der Waals surface area contributed by atoms with Crippen LogP contribution in [0.1, 0.15) is 17.2 Å². The Morgan fingerprint density at radius 1 is 0.771 bits per heavy atom. The van der Waals surface area contributed by atoms with Crippen LogP contribution in [0.2, 0.25) is 5.02 Å². The molecule has 2 amide bonds. The number of benzene rings is 3. The molecule has 1 aliphatic heterocycles. The first-order valence-electron chi connectivity index (χ1n) is 11.6. The van der Waals surface area contributed by atoms with E-state index in [0.29, 0.717) is 36.9 Å². The Balaban J connectivity index is 1.27. The molecule has 2 N–H and O–H groups in total. The van der Waals surface area contributed by atoms with Gasteiger partial charge in [-0.3, -0.25) is 19.4 Å². The molecule has 0 aromatic heterocycles. The molecule has 0 aliphatic carbocycles. The Morgan fingerprint density at radius 2 is 1.31 bits per heavy atom. The minimum atomic E-state index is -0.341. The molecule has 1 atom stereocenters. The van der Waals surface area contributed by atoms with Gasteiger partial charge >= 0.3 is 0 Å². The maximum atomic E-state index is 13.0. The van der Waals surface area contributed by atoms with E-state index >= 15 is 0 Å². The lowest BCUT2D eigenvalue weighted by atomic mass is 9.98. The normalized spacial score (nSPS) is 15.4. The van der Waals surface area contributed by atoms with Crippen LogP contribution in [0.3, 0.4) is 0 Å². The predicted octanol–water partition coefficient (Wildman–Crippen LogP) is 3.94. The van der Waals surface area contributed by atoms with Crippen LogP contribution in [-0.2, 0) is 9.59 Å². The van der Waals surface area contributed by atoms with Crippen molar-refractivity contribution in [3.63, 3.8) is 0 Å². The van der Waals surface area contributed by atoms with Gasteiger partial charge in [0.15, 0.2) is 0 Å². The smallest absolute Gasteiger partial charge is 0.238 e. The van der Waals surface area contributed by atoms with Crippen molar-refractivity contribution in [2.75, 3.05) is 44.6 Å². The highest BCUT2D eigenvalue weighted by atomic mass is 35.5. The Hall–Kier alpha value is -3.26. The summed E-state index contributed by atoms with van der Waals surface area (Å²) in [7, 11) is 0. The van der Waals surface area contributed by atoms with Crippen molar-refractivity contribution < 1.29 is 14.0 Å². The Labute approximate surface area is 209 Å². The van der Waals surface area contributed by atoms with Crippen LogP contribution < -0.4 is 10.6 Å². The van der Waals surface area contributed by atoms with E-state index in [9.17, 15) is 14.0 Å². The van der Waals surface area contributed by atoms with Gasteiger partial charge in [-0.25, -0.2) is 4.39 Å². The fourth-order valence-corrected chi connectivity index (χ4v) is 4.24. The molecule has 182 valence electrons. The van der Waals surface area contributed by atoms with E-state index in [0.717, 1.165) is 11.1 Å². The average Bonchev–Trinajstić information content (AvgIpc) is 2.86. The van der Waals surface area contributed by atoms with Gasteiger partial charge in [-0.05, 0) is 47.5 Å². The quantitative estimate of drug-likeness (QED) is 0.498. The van der Waals surface area contributed by atoms with Crippen LogP contribution in [0, 0.1) is 5.82 Å². The van der Waals surface area contributed by atoms with Gasteiger partial charge < -0.3 is 10.6 Å². The predicted molar refractivity (Wildman–Crippen MR) is 136 cm³/mol. The maximum Gasteiger partial charge on any atom is 0.238 e. The summed E-state index contributed by atoms with van der Waals surface area (Å²) in [5, 5.41) is 6.59. The summed E-state index contributed by atoms with van der Waals surface area (Å²) in [6, 6.07) is 22.8. The van der Waals surface area contributed by atoms with Crippen LogP contribution in [0.25, 0.3) is 0 Å². The molecular formula is C27H28ClFN4O2. The Bertz CT molecular complexity index is 1120. The second-order valence-corrected chi connectivity index (χ2v) is 9.01. The van der Waals surface area contributed by atoms with Crippen molar-refractivity contribution in [3.8, 4) is 0 Å². The average molecular weight is 495 g/mol. The highest BCUT2D eigenvalue weighted by Gasteiger charge is 2.23. The molecule has 3 aromatic rings. The largest absolute Gasteiger partial charge is 0.344 e. The third kappa shape index (κ3) is 7.36. The summed E-state index contributed by atoms with van der Waals surface area (Å²) in [6.07, 6.45) is 0. The maximum absolute atomic E-state index is 13.0. The summed E-state index contributed by atoms with van der Waals surface area (Å²) in [6.45, 7) is 3.28. The molecule has 1 fully saturated rings. The first-order valence-corrected chi connectivity index (χ1v) is 11.9. The number of halogens is 2. The second kappa shape index (κ2) is 11.9. The second-order valence-electron chi connectivity index (χ2n) is 8.57. The van der Waals surface area contributed by atoms with E-state index in [-0.39, 0.29) is 36.8 Å². The van der Waals surface area contributed by atoms with Crippen molar-refractivity contribution in [1.29, 1.82) is 0 Å². The summed E-state index contributed by atoms with van der Waals surface area (Å²) >= 11 is 6.05. The summed E-state index contributed by atoms with van der Waals surface area (Å²) in [5.74, 6) is -0.542. The lowest BCUT2D eigenvalue weighted by Gasteiger charge is -2.34. The highest BCUT2D eigenvalue weighted by Crippen LogP contribution is 2.23. The van der Waals surface area contributed by atoms with Crippen LogP contribution in [-0.4, -0.2) is 60.9 Å². The molecule has 1 aliphatic rings. The highest BCUT2D eigenvalue weighted by molar-refractivity contribution is 6.30. The number of carbonyl (C=O) groups excluding carboxylic acids is 2. The van der Waals surface area contributed by atoms with Gasteiger partial charge in [-0.2, -0.15) is 0 Å². The van der Waals surface area contributed by atoms with E-state index in [1.807, 2.05) is 59.5 Å². The summed E-state index contributed by atoms with van der Waals surface area (Å²) < 4.78 is 13.0. The molecule has 1 saturated heterocycles. The van der Waals surface area contributed by atoms with Gasteiger partial charge in [0.1, 0.15) is 5.82 Å². The topological polar surface area (TPSA) is 64.7 Å². The van der Waals surface area contributed by atoms with E-state index in [2.05, 4.69) is 15.5 Å². The van der Waals surface area contributed by atoms with E-state index in [1.165, 1.54) is 24.3 Å². The van der Waals surface area contributed by atoms with Crippen molar-refractivity contribution >= 4 is 29.1 Å². The lowest BCUT2D eigenvalue weighted by Crippen LogP contribution is -2.51. The molecule has 0 spiro atoms. The zero-order valence-electron chi connectivity index (χ0n) is 19.3. The van der Waals surface area contributed by atoms with Crippen LogP contribution in [0.4, 0.5) is 10.1 Å². The minimum Gasteiger partial charge on any atom is -0.344 e. The molecule has 35 heavy (non-hydrogen) atoms. The molecule has 0 unspecified atom stereocenters. The molecule has 3 aromatic carbocycles. The number of hydrogen-bond acceptors (Lipinski definition) is 4. The van der Waals surface area contributed by atoms with Gasteiger partial charge in [0.2, 0.25) is 11.8 Å². The number of nitrogens with zero attached hydrogens (tertiary/aromatic N) is 2. The number of rotatable bonds is 8. The monoisotopic (exact) mass is 494 g/mol. The van der Waals surface area contributed by atoms with Crippen LogP contribution >= 0.6 is 11.6 Å². The number of hydrogen-bond donors (Lipinski definition) is 2. The number of amides is 2. The summed E-state index contributed by atoms with van der Waals surface area (Å²) in [5.41, 5.74) is 2.53. The molecule has 0 saturated carbocycles. The number of nitrogens with one attached hydrogen (secondary N) is 2. The minimum absolute atomic E-state index is 0.0590. The van der Waals surface area contributed by atoms with Gasteiger partial charge in [0.25, 0.3) is 0 Å². The molecule has 6 nitrogen and oxygen atoms in total. The van der Waals surface area contributed by atoms with E-state index in [4.69, 9.17) is 11.6 Å². The standard InChI is InChI=1S/C27H28ClFN4O2/c28-22-8-6-21(7-9-22)27(20-4-2-1-3-5-20)31-26(35)19-33-16-14-32(15-17-33)18-25(34)30-24-12-10-23(29)11-13-24/h1-13,27H,14-19H2,(H,30,34)(H,31,35)/t27-/m0/s1. The van der Waals surface area contributed by atoms with Crippen LogP contribution in [0.15, 0.2) is 78.9 Å². The van der Waals surface area contributed by atoms with Crippen molar-refractivity contribution in [2.45, 2.75) is 6.04 Å². The van der Waals surface area contributed by atoms with Gasteiger partial charge in [0.05, 0.1) is 19.1 Å². The number of anilines is 1. The zero-order chi connectivity index (χ0) is 24.6. The fraction of sp³-hybridized carbons (Fsp3) is 0.259. The molecule has 0 bridgehead atoms. The Kier molecular flexibility index (Phi) is 8.47. The van der Waals surface area contributed by atoms with Crippen molar-refractivity contribution in [3.05, 3.63) is 101 Å². The Morgan fingerprint density at radius 3 is 1.91 bits per heavy atom. The molecule has 8 heteroatoms. The van der Waals surface area contributed by atoms with Crippen molar-refractivity contribution in [1.82, 2.24) is 15.1 Å². The first kappa shape index (κ1) is 24.9. The van der Waals surface area contributed by atoms with E-state index in [1.54, 1.807) is 0 Å². The molecule has 0 radical (unpaired) electrons. The number of carbonyl (C=O) groups is 2. The third-order valence-electron chi connectivity index (χ3n) is 5.97. The fourth-order valence-electron chi connectivity index (χ4n) is 4.11. The third-order valence-corrected chi connectivity index (χ3v) is 6.22. The SMILES string of the molecule is O=C(CN1CCN(CC(=O)N[C@@H](c2ccccc2)c2ccc(Cl)cc2)CC1)Nc1ccc(F)cc1. The summed E-state index contributed by atoms with van der Waals surface area (Å²) in [4.78, 5) is 29.4. The van der Waals surface area contributed by atoms with Gasteiger partial charge in [-0.15, -0.1) is 0 Å². The van der Waals surface area contributed by atoms with Gasteiger partial charge in [0, 0.05) is 36.9 Å². The van der Waals surface area contributed by atoms with Crippen LogP contribution in [0.5, 0.6) is 0 Å². The molecule has 1 heterocycles. The molecule has 4 rings (SSSR count). The number of piperazine rings is 1. The lowest BCUT2D eigenvalue weighted by molar-refractivity contribution is -0.124. The van der Waals surface area contributed by atoms with Gasteiger partial charge in [-0.1, -0.05) is 54.1 Å². The molecular weight excluding hydrogens is 467 g/mol.